The first kappa shape index (κ1) is 13.1. The van der Waals surface area contributed by atoms with Crippen LogP contribution in [-0.4, -0.2) is 42.8 Å². The molecule has 0 radical (unpaired) electrons. The number of hydrogen-bond donors (Lipinski definition) is 1. The normalized spacial score (nSPS) is 22.9. The molecule has 18 heavy (non-hydrogen) atoms. The van der Waals surface area contributed by atoms with Gasteiger partial charge in [-0.25, -0.2) is 4.79 Å². The Bertz CT molecular complexity index is 409. The quantitative estimate of drug-likeness (QED) is 0.801. The van der Waals surface area contributed by atoms with Gasteiger partial charge in [-0.15, -0.1) is 0 Å². The Morgan fingerprint density at radius 2 is 2.33 bits per heavy atom. The number of nitrogens with zero attached hydrogens (tertiary/aromatic N) is 1. The van der Waals surface area contributed by atoms with Crippen molar-refractivity contribution >= 4 is 5.97 Å². The zero-order valence-electron chi connectivity index (χ0n) is 10.8. The lowest BCUT2D eigenvalue weighted by Crippen LogP contribution is -2.36. The van der Waals surface area contributed by atoms with Crippen LogP contribution in [0.1, 0.15) is 29.0 Å². The van der Waals surface area contributed by atoms with Crippen molar-refractivity contribution in [3.63, 3.8) is 0 Å². The summed E-state index contributed by atoms with van der Waals surface area (Å²) in [5, 5.41) is 9.24. The molecule has 5 nitrogen and oxygen atoms in total. The molecular weight excluding hydrogens is 234 g/mol. The Balaban J connectivity index is 1.88. The first-order chi connectivity index (χ1) is 8.60. The Labute approximate surface area is 106 Å². The SMILES string of the molecule is COC(=O)c1ccoc1CN(C)CC1CC(O)C1. The van der Waals surface area contributed by atoms with Gasteiger partial charge in [0.15, 0.2) is 0 Å². The highest BCUT2D eigenvalue weighted by molar-refractivity contribution is 5.90. The van der Waals surface area contributed by atoms with Crippen molar-refractivity contribution < 1.29 is 19.1 Å². The predicted molar refractivity (Wildman–Crippen MR) is 65.1 cm³/mol. The van der Waals surface area contributed by atoms with E-state index in [0.717, 1.165) is 19.4 Å². The first-order valence-corrected chi connectivity index (χ1v) is 6.11. The minimum Gasteiger partial charge on any atom is -0.467 e. The van der Waals surface area contributed by atoms with Crippen LogP contribution in [0.15, 0.2) is 16.7 Å². The molecule has 1 heterocycles. The summed E-state index contributed by atoms with van der Waals surface area (Å²) in [5.41, 5.74) is 0.484. The second kappa shape index (κ2) is 5.54. The summed E-state index contributed by atoms with van der Waals surface area (Å²) >= 11 is 0. The van der Waals surface area contributed by atoms with Gasteiger partial charge in [-0.05, 0) is 31.9 Å². The topological polar surface area (TPSA) is 62.9 Å². The van der Waals surface area contributed by atoms with Crippen molar-refractivity contribution in [3.8, 4) is 0 Å². The van der Waals surface area contributed by atoms with Gasteiger partial charge in [-0.1, -0.05) is 0 Å². The molecule has 1 aliphatic rings. The van der Waals surface area contributed by atoms with E-state index >= 15 is 0 Å². The van der Waals surface area contributed by atoms with Gasteiger partial charge in [0.1, 0.15) is 11.3 Å². The molecule has 100 valence electrons. The van der Waals surface area contributed by atoms with Crippen LogP contribution in [0, 0.1) is 5.92 Å². The third-order valence-corrected chi connectivity index (χ3v) is 3.34. The smallest absolute Gasteiger partial charge is 0.341 e. The lowest BCUT2D eigenvalue weighted by molar-refractivity contribution is 0.0265. The number of hydrogen-bond acceptors (Lipinski definition) is 5. The van der Waals surface area contributed by atoms with Crippen molar-refractivity contribution in [2.75, 3.05) is 20.7 Å². The molecular formula is C13H19NO4. The summed E-state index contributed by atoms with van der Waals surface area (Å²) in [6, 6.07) is 1.63. The van der Waals surface area contributed by atoms with Crippen LogP contribution in [0.4, 0.5) is 0 Å². The maximum atomic E-state index is 11.5. The fraction of sp³-hybridized carbons (Fsp3) is 0.615. The van der Waals surface area contributed by atoms with Gasteiger partial charge in [0, 0.05) is 6.54 Å². The minimum absolute atomic E-state index is 0.127. The molecule has 1 aromatic rings. The monoisotopic (exact) mass is 253 g/mol. The van der Waals surface area contributed by atoms with E-state index in [1.54, 1.807) is 6.07 Å². The largest absolute Gasteiger partial charge is 0.467 e. The van der Waals surface area contributed by atoms with Gasteiger partial charge >= 0.3 is 5.97 Å². The lowest BCUT2D eigenvalue weighted by atomic mass is 9.82. The molecule has 0 atom stereocenters. The molecule has 5 heteroatoms. The molecule has 1 aromatic heterocycles. The molecule has 1 fully saturated rings. The number of ether oxygens (including phenoxy) is 1. The second-order valence-corrected chi connectivity index (χ2v) is 4.94. The summed E-state index contributed by atoms with van der Waals surface area (Å²) < 4.78 is 10.0. The highest BCUT2D eigenvalue weighted by Crippen LogP contribution is 2.28. The van der Waals surface area contributed by atoms with E-state index in [4.69, 9.17) is 9.15 Å². The van der Waals surface area contributed by atoms with Crippen LogP contribution in [0.5, 0.6) is 0 Å². The number of furan rings is 1. The van der Waals surface area contributed by atoms with E-state index in [9.17, 15) is 9.90 Å². The van der Waals surface area contributed by atoms with E-state index < -0.39 is 0 Å². The number of esters is 1. The number of methoxy groups -OCH3 is 1. The van der Waals surface area contributed by atoms with Crippen molar-refractivity contribution in [3.05, 3.63) is 23.7 Å². The molecule has 2 rings (SSSR count). The Hall–Kier alpha value is -1.33. The zero-order chi connectivity index (χ0) is 13.1. The van der Waals surface area contributed by atoms with Gasteiger partial charge in [-0.3, -0.25) is 4.90 Å². The average Bonchev–Trinajstić information content (AvgIpc) is 2.74. The molecule has 1 saturated carbocycles. The standard InChI is InChI=1S/C13H19NO4/c1-14(7-9-5-10(15)6-9)8-12-11(3-4-18-12)13(16)17-2/h3-4,9-10,15H,5-8H2,1-2H3. The molecule has 0 aliphatic heterocycles. The van der Waals surface area contributed by atoms with Gasteiger partial charge in [0.2, 0.25) is 0 Å². The van der Waals surface area contributed by atoms with Gasteiger partial charge in [-0.2, -0.15) is 0 Å². The van der Waals surface area contributed by atoms with Crippen molar-refractivity contribution in [1.82, 2.24) is 4.90 Å². The summed E-state index contributed by atoms with van der Waals surface area (Å²) in [6.07, 6.45) is 3.11. The molecule has 0 amide bonds. The Morgan fingerprint density at radius 1 is 1.61 bits per heavy atom. The summed E-state index contributed by atoms with van der Waals surface area (Å²) in [5.74, 6) is 0.803. The van der Waals surface area contributed by atoms with E-state index in [-0.39, 0.29) is 12.1 Å². The zero-order valence-corrected chi connectivity index (χ0v) is 10.8. The molecule has 0 bridgehead atoms. The summed E-state index contributed by atoms with van der Waals surface area (Å²) in [4.78, 5) is 13.6. The van der Waals surface area contributed by atoms with E-state index in [1.807, 2.05) is 7.05 Å². The minimum atomic E-state index is -0.369. The van der Waals surface area contributed by atoms with Crippen LogP contribution < -0.4 is 0 Å². The average molecular weight is 253 g/mol. The summed E-state index contributed by atoms with van der Waals surface area (Å²) in [7, 11) is 3.34. The highest BCUT2D eigenvalue weighted by atomic mass is 16.5. The molecule has 1 aliphatic carbocycles. The van der Waals surface area contributed by atoms with Crippen LogP contribution in [-0.2, 0) is 11.3 Å². The van der Waals surface area contributed by atoms with Crippen LogP contribution >= 0.6 is 0 Å². The predicted octanol–water partition coefficient (Wildman–Crippen LogP) is 1.27. The van der Waals surface area contributed by atoms with E-state index in [0.29, 0.717) is 23.8 Å². The van der Waals surface area contributed by atoms with Gasteiger partial charge < -0.3 is 14.3 Å². The fourth-order valence-corrected chi connectivity index (χ4v) is 2.35. The van der Waals surface area contributed by atoms with Crippen LogP contribution in [0.2, 0.25) is 0 Å². The van der Waals surface area contributed by atoms with Crippen LogP contribution in [0.3, 0.4) is 0 Å². The molecule has 0 saturated heterocycles. The molecule has 0 spiro atoms. The highest BCUT2D eigenvalue weighted by Gasteiger charge is 2.28. The lowest BCUT2D eigenvalue weighted by Gasteiger charge is -2.34. The van der Waals surface area contributed by atoms with E-state index in [1.165, 1.54) is 13.4 Å². The summed E-state index contributed by atoms with van der Waals surface area (Å²) in [6.45, 7) is 1.47. The molecule has 0 unspecified atom stereocenters. The van der Waals surface area contributed by atoms with E-state index in [2.05, 4.69) is 4.90 Å². The third kappa shape index (κ3) is 2.91. The maximum absolute atomic E-state index is 11.5. The number of carbonyl (C=O) groups excluding carboxylic acids is 1. The van der Waals surface area contributed by atoms with Gasteiger partial charge in [0.05, 0.1) is 26.0 Å². The van der Waals surface area contributed by atoms with Crippen molar-refractivity contribution in [1.29, 1.82) is 0 Å². The number of rotatable bonds is 5. The van der Waals surface area contributed by atoms with Gasteiger partial charge in [0.25, 0.3) is 0 Å². The number of aliphatic hydroxyl groups excluding tert-OH is 1. The van der Waals surface area contributed by atoms with Crippen LogP contribution in [0.25, 0.3) is 0 Å². The number of aliphatic hydroxyl groups is 1. The maximum Gasteiger partial charge on any atom is 0.341 e. The molecule has 1 N–H and O–H groups in total. The van der Waals surface area contributed by atoms with Crippen molar-refractivity contribution in [2.24, 2.45) is 5.92 Å². The Kier molecular flexibility index (Phi) is 4.04. The Morgan fingerprint density at radius 3 is 2.94 bits per heavy atom. The third-order valence-electron chi connectivity index (χ3n) is 3.34. The molecule has 0 aromatic carbocycles. The van der Waals surface area contributed by atoms with Crippen molar-refractivity contribution in [2.45, 2.75) is 25.5 Å². The number of carbonyl (C=O) groups is 1. The second-order valence-electron chi connectivity index (χ2n) is 4.94. The first-order valence-electron chi connectivity index (χ1n) is 6.11. The fourth-order valence-electron chi connectivity index (χ4n) is 2.35.